The van der Waals surface area contributed by atoms with Crippen LogP contribution in [0.5, 0.6) is 5.75 Å². The molecule has 2 N–H and O–H groups in total. The van der Waals surface area contributed by atoms with Gasteiger partial charge < -0.3 is 20.3 Å². The third-order valence-electron chi connectivity index (χ3n) is 6.27. The summed E-state index contributed by atoms with van der Waals surface area (Å²) in [5.41, 5.74) is 5.06. The van der Waals surface area contributed by atoms with Gasteiger partial charge in [0.05, 0.1) is 7.11 Å². The number of aromatic nitrogens is 2. The molecule has 1 aromatic heterocycles. The Bertz CT molecular complexity index is 1340. The van der Waals surface area contributed by atoms with Crippen LogP contribution in [0.3, 0.4) is 0 Å². The summed E-state index contributed by atoms with van der Waals surface area (Å²) in [4.78, 5) is 12.0. The molecule has 1 aliphatic carbocycles. The van der Waals surface area contributed by atoms with Gasteiger partial charge in [-0.1, -0.05) is 29.8 Å². The van der Waals surface area contributed by atoms with Crippen molar-refractivity contribution in [2.75, 3.05) is 31.3 Å². The third-order valence-corrected chi connectivity index (χ3v) is 6.52. The SMILES string of the molecule is COc1cccc2c(Nc3ccc(Cl)cc3)nc(Nc3ccc(CN(C)CC4CC4)cc3C)nc12. The maximum Gasteiger partial charge on any atom is 0.229 e. The summed E-state index contributed by atoms with van der Waals surface area (Å²) in [6, 6.07) is 19.9. The van der Waals surface area contributed by atoms with Gasteiger partial charge in [0.1, 0.15) is 17.1 Å². The maximum atomic E-state index is 6.06. The zero-order valence-corrected chi connectivity index (χ0v) is 21.1. The minimum atomic E-state index is 0.500. The molecule has 1 heterocycles. The van der Waals surface area contributed by atoms with Crippen molar-refractivity contribution in [2.45, 2.75) is 26.3 Å². The molecule has 0 unspecified atom stereocenters. The van der Waals surface area contributed by atoms with Crippen LogP contribution in [0.4, 0.5) is 23.1 Å². The lowest BCUT2D eigenvalue weighted by Crippen LogP contribution is -2.20. The summed E-state index contributed by atoms with van der Waals surface area (Å²) in [6.07, 6.45) is 2.75. The molecule has 0 bridgehead atoms. The van der Waals surface area contributed by atoms with Crippen LogP contribution in [0.15, 0.2) is 60.7 Å². The molecule has 0 saturated heterocycles. The largest absolute Gasteiger partial charge is 0.494 e. The predicted octanol–water partition coefficient (Wildman–Crippen LogP) is 6.93. The monoisotopic (exact) mass is 487 g/mol. The second kappa shape index (κ2) is 10.1. The molecule has 180 valence electrons. The fourth-order valence-electron chi connectivity index (χ4n) is 4.31. The van der Waals surface area contributed by atoms with Crippen LogP contribution < -0.4 is 15.4 Å². The van der Waals surface area contributed by atoms with Gasteiger partial charge in [-0.3, -0.25) is 0 Å². The molecule has 6 nitrogen and oxygen atoms in total. The number of anilines is 4. The molecule has 0 aliphatic heterocycles. The lowest BCUT2D eigenvalue weighted by Gasteiger charge is -2.18. The van der Waals surface area contributed by atoms with E-state index in [0.29, 0.717) is 22.5 Å². The van der Waals surface area contributed by atoms with Crippen molar-refractivity contribution in [1.29, 1.82) is 0 Å². The third kappa shape index (κ3) is 5.66. The Morgan fingerprint density at radius 2 is 1.83 bits per heavy atom. The maximum absolute atomic E-state index is 6.06. The molecule has 0 radical (unpaired) electrons. The van der Waals surface area contributed by atoms with Crippen molar-refractivity contribution < 1.29 is 4.74 Å². The van der Waals surface area contributed by atoms with E-state index in [2.05, 4.69) is 47.7 Å². The van der Waals surface area contributed by atoms with E-state index in [4.69, 9.17) is 26.3 Å². The molecule has 1 aliphatic rings. The first-order valence-electron chi connectivity index (χ1n) is 11.9. The highest BCUT2D eigenvalue weighted by molar-refractivity contribution is 6.30. The molecule has 1 fully saturated rings. The van der Waals surface area contributed by atoms with Crippen molar-refractivity contribution in [2.24, 2.45) is 5.92 Å². The molecule has 4 aromatic rings. The van der Waals surface area contributed by atoms with E-state index in [1.54, 1.807) is 7.11 Å². The summed E-state index contributed by atoms with van der Waals surface area (Å²) in [5.74, 6) is 2.77. The van der Waals surface area contributed by atoms with Crippen LogP contribution in [0.25, 0.3) is 10.9 Å². The highest BCUT2D eigenvalue weighted by Crippen LogP contribution is 2.33. The Labute approximate surface area is 211 Å². The van der Waals surface area contributed by atoms with Gasteiger partial charge in [0.15, 0.2) is 0 Å². The molecule has 3 aromatic carbocycles. The Morgan fingerprint density at radius 1 is 1.03 bits per heavy atom. The van der Waals surface area contributed by atoms with Crippen molar-refractivity contribution >= 4 is 45.6 Å². The number of halogens is 1. The molecule has 5 rings (SSSR count). The van der Waals surface area contributed by atoms with Crippen LogP contribution in [0.2, 0.25) is 5.02 Å². The summed E-state index contributed by atoms with van der Waals surface area (Å²) >= 11 is 6.06. The Morgan fingerprint density at radius 3 is 2.54 bits per heavy atom. The highest BCUT2D eigenvalue weighted by Gasteiger charge is 2.22. The van der Waals surface area contributed by atoms with E-state index in [1.165, 1.54) is 24.9 Å². The normalized spacial score (nSPS) is 13.3. The highest BCUT2D eigenvalue weighted by atomic mass is 35.5. The first kappa shape index (κ1) is 23.4. The average molecular weight is 488 g/mol. The number of fused-ring (bicyclic) bond motifs is 1. The smallest absolute Gasteiger partial charge is 0.229 e. The number of methoxy groups -OCH3 is 1. The fourth-order valence-corrected chi connectivity index (χ4v) is 4.44. The van der Waals surface area contributed by atoms with Gasteiger partial charge in [-0.15, -0.1) is 0 Å². The van der Waals surface area contributed by atoms with E-state index in [0.717, 1.165) is 40.3 Å². The van der Waals surface area contributed by atoms with Crippen molar-refractivity contribution in [3.8, 4) is 5.75 Å². The van der Waals surface area contributed by atoms with Crippen molar-refractivity contribution in [3.05, 3.63) is 76.8 Å². The van der Waals surface area contributed by atoms with Crippen LogP contribution in [0, 0.1) is 12.8 Å². The molecule has 35 heavy (non-hydrogen) atoms. The molecule has 0 spiro atoms. The Hall–Kier alpha value is -3.35. The molecule has 0 atom stereocenters. The Balaban J connectivity index is 1.43. The lowest BCUT2D eigenvalue weighted by atomic mass is 10.1. The van der Waals surface area contributed by atoms with Crippen LogP contribution in [-0.2, 0) is 6.54 Å². The summed E-state index contributed by atoms with van der Waals surface area (Å²) < 4.78 is 5.59. The van der Waals surface area contributed by atoms with E-state index in [9.17, 15) is 0 Å². The summed E-state index contributed by atoms with van der Waals surface area (Å²) in [5, 5.41) is 8.38. The first-order chi connectivity index (χ1) is 17.0. The molecule has 0 amide bonds. The number of nitrogens with zero attached hydrogens (tertiary/aromatic N) is 3. The summed E-state index contributed by atoms with van der Waals surface area (Å²) in [7, 11) is 3.85. The topological polar surface area (TPSA) is 62.3 Å². The first-order valence-corrected chi connectivity index (χ1v) is 12.3. The zero-order valence-electron chi connectivity index (χ0n) is 20.3. The van der Waals surface area contributed by atoms with Gasteiger partial charge in [-0.25, -0.2) is 4.98 Å². The van der Waals surface area contributed by atoms with Gasteiger partial charge in [-0.2, -0.15) is 4.98 Å². The number of nitrogens with one attached hydrogen (secondary N) is 2. The molecular weight excluding hydrogens is 458 g/mol. The molecule has 1 saturated carbocycles. The minimum absolute atomic E-state index is 0.500. The Kier molecular flexibility index (Phi) is 6.75. The minimum Gasteiger partial charge on any atom is -0.494 e. The average Bonchev–Trinajstić information content (AvgIpc) is 3.66. The number of rotatable bonds is 9. The van der Waals surface area contributed by atoms with Gasteiger partial charge in [-0.05, 0) is 86.3 Å². The number of benzene rings is 3. The van der Waals surface area contributed by atoms with Gasteiger partial charge >= 0.3 is 0 Å². The van der Waals surface area contributed by atoms with E-state index in [1.807, 2.05) is 42.5 Å². The van der Waals surface area contributed by atoms with Crippen LogP contribution >= 0.6 is 11.6 Å². The number of para-hydroxylation sites is 1. The number of aryl methyl sites for hydroxylation is 1. The predicted molar refractivity (Wildman–Crippen MR) is 144 cm³/mol. The second-order valence-corrected chi connectivity index (χ2v) is 9.73. The molecular formula is C28H30ClN5O. The number of hydrogen-bond donors (Lipinski definition) is 2. The van der Waals surface area contributed by atoms with Gasteiger partial charge in [0.25, 0.3) is 0 Å². The second-order valence-electron chi connectivity index (χ2n) is 9.30. The van der Waals surface area contributed by atoms with E-state index >= 15 is 0 Å². The van der Waals surface area contributed by atoms with E-state index in [-0.39, 0.29) is 0 Å². The van der Waals surface area contributed by atoms with Crippen molar-refractivity contribution in [1.82, 2.24) is 14.9 Å². The number of ether oxygens (including phenoxy) is 1. The van der Waals surface area contributed by atoms with Crippen LogP contribution in [-0.4, -0.2) is 35.6 Å². The lowest BCUT2D eigenvalue weighted by molar-refractivity contribution is 0.313. The summed E-state index contributed by atoms with van der Waals surface area (Å²) in [6.45, 7) is 4.24. The zero-order chi connectivity index (χ0) is 24.4. The standard InChI is InChI=1S/C28H30ClN5O/c1-18-15-20(17-34(2)16-19-7-8-19)9-14-24(18)31-28-32-26-23(5-4-6-25(26)35-3)27(33-28)30-22-12-10-21(29)11-13-22/h4-6,9-15,19H,7-8,16-17H2,1-3H3,(H2,30,31,32,33). The van der Waals surface area contributed by atoms with Gasteiger partial charge in [0.2, 0.25) is 5.95 Å². The molecule has 7 heteroatoms. The van der Waals surface area contributed by atoms with Crippen LogP contribution in [0.1, 0.15) is 24.0 Å². The quantitative estimate of drug-likeness (QED) is 0.267. The fraction of sp³-hybridized carbons (Fsp3) is 0.286. The number of hydrogen-bond acceptors (Lipinski definition) is 6. The van der Waals surface area contributed by atoms with Gasteiger partial charge in [0, 0.05) is 34.9 Å². The van der Waals surface area contributed by atoms with Crippen molar-refractivity contribution in [3.63, 3.8) is 0 Å². The van der Waals surface area contributed by atoms with E-state index < -0.39 is 0 Å².